The second-order valence-corrected chi connectivity index (χ2v) is 5.07. The summed E-state index contributed by atoms with van der Waals surface area (Å²) in [5.74, 6) is 0.582. The number of methoxy groups -OCH3 is 2. The molecule has 1 aromatic heterocycles. The molecule has 1 aromatic rings. The van der Waals surface area contributed by atoms with Crippen molar-refractivity contribution >= 4 is 11.9 Å². The number of anilines is 1. The van der Waals surface area contributed by atoms with Crippen LogP contribution in [0.5, 0.6) is 11.8 Å². The molecule has 0 aromatic carbocycles. The van der Waals surface area contributed by atoms with Crippen molar-refractivity contribution in [1.29, 1.82) is 0 Å². The zero-order valence-electron chi connectivity index (χ0n) is 13.0. The van der Waals surface area contributed by atoms with Crippen LogP contribution in [0, 0.1) is 5.92 Å². The van der Waals surface area contributed by atoms with Crippen molar-refractivity contribution in [2.45, 2.75) is 39.2 Å². The van der Waals surface area contributed by atoms with Crippen molar-refractivity contribution < 1.29 is 14.3 Å². The van der Waals surface area contributed by atoms with Crippen molar-refractivity contribution in [2.24, 2.45) is 11.7 Å². The van der Waals surface area contributed by atoms with Gasteiger partial charge in [-0.15, -0.1) is 0 Å². The fourth-order valence-corrected chi connectivity index (χ4v) is 1.78. The Morgan fingerprint density at radius 1 is 1.24 bits per heavy atom. The topological polar surface area (TPSA) is 99.4 Å². The molecule has 0 aliphatic rings. The molecular formula is C14H24N4O3. The summed E-state index contributed by atoms with van der Waals surface area (Å²) >= 11 is 0. The van der Waals surface area contributed by atoms with Gasteiger partial charge in [-0.3, -0.25) is 10.1 Å². The van der Waals surface area contributed by atoms with Crippen LogP contribution in [0.4, 0.5) is 5.95 Å². The Kier molecular flexibility index (Phi) is 6.87. The Labute approximate surface area is 125 Å². The van der Waals surface area contributed by atoms with Gasteiger partial charge in [0.15, 0.2) is 0 Å². The smallest absolute Gasteiger partial charge is 0.236 e. The molecule has 0 spiro atoms. The van der Waals surface area contributed by atoms with E-state index in [2.05, 4.69) is 15.3 Å². The number of carbonyl (C=O) groups is 1. The van der Waals surface area contributed by atoms with Gasteiger partial charge in [0.2, 0.25) is 23.6 Å². The van der Waals surface area contributed by atoms with E-state index in [4.69, 9.17) is 15.2 Å². The summed E-state index contributed by atoms with van der Waals surface area (Å²) < 4.78 is 10.1. The van der Waals surface area contributed by atoms with Crippen molar-refractivity contribution in [3.05, 3.63) is 6.07 Å². The predicted octanol–water partition coefficient (Wildman–Crippen LogP) is 1.59. The third kappa shape index (κ3) is 5.95. The molecule has 0 bridgehead atoms. The number of ether oxygens (including phenoxy) is 2. The first kappa shape index (κ1) is 17.2. The third-order valence-corrected chi connectivity index (χ3v) is 3.08. The molecular weight excluding hydrogens is 272 g/mol. The lowest BCUT2D eigenvalue weighted by atomic mass is 10.0. The van der Waals surface area contributed by atoms with E-state index in [-0.39, 0.29) is 23.8 Å². The van der Waals surface area contributed by atoms with E-state index in [0.717, 1.165) is 19.3 Å². The third-order valence-electron chi connectivity index (χ3n) is 3.08. The van der Waals surface area contributed by atoms with Crippen LogP contribution in [0.3, 0.4) is 0 Å². The van der Waals surface area contributed by atoms with E-state index in [1.54, 1.807) is 6.07 Å². The average molecular weight is 296 g/mol. The molecule has 7 nitrogen and oxygen atoms in total. The molecule has 0 saturated carbocycles. The zero-order chi connectivity index (χ0) is 15.8. The summed E-state index contributed by atoms with van der Waals surface area (Å²) in [4.78, 5) is 20.2. The van der Waals surface area contributed by atoms with Gasteiger partial charge in [-0.2, -0.15) is 9.97 Å². The molecule has 3 N–H and O–H groups in total. The van der Waals surface area contributed by atoms with Crippen LogP contribution >= 0.6 is 0 Å². The summed E-state index contributed by atoms with van der Waals surface area (Å²) in [6.07, 6.45) is 2.59. The zero-order valence-corrected chi connectivity index (χ0v) is 13.0. The Bertz CT molecular complexity index is 443. The maximum absolute atomic E-state index is 12.1. The fourth-order valence-electron chi connectivity index (χ4n) is 1.78. The lowest BCUT2D eigenvalue weighted by molar-refractivity contribution is -0.119. The van der Waals surface area contributed by atoms with Crippen LogP contribution in [0.2, 0.25) is 0 Å². The molecule has 21 heavy (non-hydrogen) atoms. The van der Waals surface area contributed by atoms with Gasteiger partial charge in [0.1, 0.15) is 0 Å². The highest BCUT2D eigenvalue weighted by Crippen LogP contribution is 2.18. The highest BCUT2D eigenvalue weighted by molar-refractivity contribution is 5.90. The lowest BCUT2D eigenvalue weighted by Gasteiger charge is -2.13. The van der Waals surface area contributed by atoms with Crippen LogP contribution in [0.25, 0.3) is 0 Å². The van der Waals surface area contributed by atoms with Crippen LogP contribution in [-0.4, -0.2) is 36.1 Å². The Hall–Kier alpha value is -1.89. The summed E-state index contributed by atoms with van der Waals surface area (Å²) in [7, 11) is 2.98. The highest BCUT2D eigenvalue weighted by atomic mass is 16.5. The number of rotatable bonds is 8. The molecule has 0 fully saturated rings. The molecule has 0 saturated heterocycles. The molecule has 0 aliphatic carbocycles. The molecule has 118 valence electrons. The van der Waals surface area contributed by atoms with Gasteiger partial charge in [-0.05, 0) is 19.8 Å². The Morgan fingerprint density at radius 3 is 2.29 bits per heavy atom. The van der Waals surface area contributed by atoms with E-state index in [1.807, 2.05) is 13.8 Å². The fraction of sp³-hybridized carbons (Fsp3) is 0.643. The van der Waals surface area contributed by atoms with E-state index in [1.165, 1.54) is 14.2 Å². The first-order chi connectivity index (χ1) is 9.96. The first-order valence-electron chi connectivity index (χ1n) is 6.99. The number of hydrogen-bond acceptors (Lipinski definition) is 6. The number of nitrogens with zero attached hydrogens (tertiary/aromatic N) is 2. The number of carbonyl (C=O) groups excluding carboxylic acids is 1. The van der Waals surface area contributed by atoms with Crippen molar-refractivity contribution in [2.75, 3.05) is 19.5 Å². The van der Waals surface area contributed by atoms with Crippen LogP contribution in [0.15, 0.2) is 6.07 Å². The van der Waals surface area contributed by atoms with Crippen molar-refractivity contribution in [1.82, 2.24) is 9.97 Å². The van der Waals surface area contributed by atoms with Crippen LogP contribution in [-0.2, 0) is 4.79 Å². The van der Waals surface area contributed by atoms with Gasteiger partial charge >= 0.3 is 0 Å². The minimum atomic E-state index is -0.135. The van der Waals surface area contributed by atoms with E-state index < -0.39 is 0 Å². The second kappa shape index (κ2) is 8.41. The average Bonchev–Trinajstić information content (AvgIpc) is 2.46. The van der Waals surface area contributed by atoms with Crippen molar-refractivity contribution in [3.63, 3.8) is 0 Å². The summed E-state index contributed by atoms with van der Waals surface area (Å²) in [6, 6.07) is 1.70. The number of aromatic nitrogens is 2. The molecule has 1 heterocycles. The molecule has 0 aliphatic heterocycles. The summed E-state index contributed by atoms with van der Waals surface area (Å²) in [6.45, 7) is 3.83. The van der Waals surface area contributed by atoms with Crippen LogP contribution < -0.4 is 20.5 Å². The Balaban J connectivity index is 2.61. The number of hydrogen-bond donors (Lipinski definition) is 2. The molecule has 0 radical (unpaired) electrons. The van der Waals surface area contributed by atoms with E-state index in [9.17, 15) is 4.79 Å². The second-order valence-electron chi connectivity index (χ2n) is 5.07. The van der Waals surface area contributed by atoms with Crippen molar-refractivity contribution in [3.8, 4) is 11.8 Å². The molecule has 1 rings (SSSR count). The summed E-state index contributed by atoms with van der Waals surface area (Å²) in [5.41, 5.74) is 5.69. The predicted molar refractivity (Wildman–Crippen MR) is 80.4 cm³/mol. The quantitative estimate of drug-likeness (QED) is 0.755. The standard InChI is InChI=1S/C14H24N4O3/c1-9(6-5-7-10(2)15)13(19)18-14-16-11(20-3)8-12(17-14)21-4/h8-10H,5-7,15H2,1-4H3,(H,16,17,18,19). The SMILES string of the molecule is COc1cc(OC)nc(NC(=O)C(C)CCCC(C)N)n1. The largest absolute Gasteiger partial charge is 0.481 e. The van der Waals surface area contributed by atoms with Gasteiger partial charge in [-0.25, -0.2) is 0 Å². The highest BCUT2D eigenvalue weighted by Gasteiger charge is 2.15. The maximum atomic E-state index is 12.1. The van der Waals surface area contributed by atoms with E-state index >= 15 is 0 Å². The van der Waals surface area contributed by atoms with Gasteiger partial charge < -0.3 is 15.2 Å². The number of amides is 1. The monoisotopic (exact) mass is 296 g/mol. The molecule has 2 atom stereocenters. The lowest BCUT2D eigenvalue weighted by Crippen LogP contribution is -2.22. The maximum Gasteiger partial charge on any atom is 0.236 e. The van der Waals surface area contributed by atoms with Gasteiger partial charge in [0, 0.05) is 12.0 Å². The normalized spacial score (nSPS) is 13.4. The molecule has 1 amide bonds. The van der Waals surface area contributed by atoms with Gasteiger partial charge in [0.05, 0.1) is 20.3 Å². The van der Waals surface area contributed by atoms with Crippen LogP contribution in [0.1, 0.15) is 33.1 Å². The minimum Gasteiger partial charge on any atom is -0.481 e. The minimum absolute atomic E-state index is 0.130. The van der Waals surface area contributed by atoms with Gasteiger partial charge in [-0.1, -0.05) is 13.3 Å². The first-order valence-corrected chi connectivity index (χ1v) is 6.99. The molecule has 2 unspecified atom stereocenters. The Morgan fingerprint density at radius 2 is 1.81 bits per heavy atom. The molecule has 7 heteroatoms. The summed E-state index contributed by atoms with van der Waals surface area (Å²) in [5, 5.41) is 2.68. The van der Waals surface area contributed by atoms with E-state index in [0.29, 0.717) is 11.8 Å². The number of nitrogens with two attached hydrogens (primary N) is 1. The number of nitrogens with one attached hydrogen (secondary N) is 1. The van der Waals surface area contributed by atoms with Gasteiger partial charge in [0.25, 0.3) is 0 Å².